The topological polar surface area (TPSA) is 85.1 Å². The molecule has 5 nitrogen and oxygen atoms in total. The van der Waals surface area contributed by atoms with Crippen molar-refractivity contribution < 1.29 is 12.8 Å². The van der Waals surface area contributed by atoms with Crippen LogP contribution in [0.5, 0.6) is 0 Å². The summed E-state index contributed by atoms with van der Waals surface area (Å²) in [6.07, 6.45) is 1.37. The Labute approximate surface area is 116 Å². The molecule has 0 atom stereocenters. The van der Waals surface area contributed by atoms with Crippen LogP contribution in [0.3, 0.4) is 0 Å². The molecular formula is C13H14FN3O2S. The highest BCUT2D eigenvalue weighted by Gasteiger charge is 2.19. The second-order valence-electron chi connectivity index (χ2n) is 4.26. The van der Waals surface area contributed by atoms with Gasteiger partial charge in [-0.2, -0.15) is 0 Å². The minimum Gasteiger partial charge on any atom is -0.326 e. The summed E-state index contributed by atoms with van der Waals surface area (Å²) in [5, 5.41) is 0. The van der Waals surface area contributed by atoms with Gasteiger partial charge in [-0.25, -0.2) is 12.8 Å². The van der Waals surface area contributed by atoms with Gasteiger partial charge in [0.25, 0.3) is 10.0 Å². The molecular weight excluding hydrogens is 281 g/mol. The van der Waals surface area contributed by atoms with Crippen LogP contribution < -0.4 is 10.5 Å². The first-order chi connectivity index (χ1) is 9.42. The van der Waals surface area contributed by atoms with E-state index in [1.54, 1.807) is 19.1 Å². The largest absolute Gasteiger partial charge is 0.326 e. The van der Waals surface area contributed by atoms with Gasteiger partial charge in [-0.15, -0.1) is 0 Å². The van der Waals surface area contributed by atoms with Crippen LogP contribution in [-0.4, -0.2) is 13.4 Å². The van der Waals surface area contributed by atoms with E-state index in [1.807, 2.05) is 0 Å². The second-order valence-corrected chi connectivity index (χ2v) is 5.91. The van der Waals surface area contributed by atoms with Gasteiger partial charge >= 0.3 is 0 Å². The highest BCUT2D eigenvalue weighted by Crippen LogP contribution is 2.19. The molecule has 0 aliphatic carbocycles. The van der Waals surface area contributed by atoms with Gasteiger partial charge in [-0.1, -0.05) is 6.07 Å². The number of nitrogens with one attached hydrogen (secondary N) is 1. The van der Waals surface area contributed by atoms with Crippen LogP contribution in [0.15, 0.2) is 41.4 Å². The third-order valence-electron chi connectivity index (χ3n) is 2.69. The highest BCUT2D eigenvalue weighted by molar-refractivity contribution is 7.92. The number of halogens is 1. The minimum atomic E-state index is -3.99. The van der Waals surface area contributed by atoms with Gasteiger partial charge in [-0.05, 0) is 36.8 Å². The predicted octanol–water partition coefficient (Wildman–Crippen LogP) is 1.79. The minimum absolute atomic E-state index is 0.145. The van der Waals surface area contributed by atoms with Crippen molar-refractivity contribution in [1.82, 2.24) is 4.98 Å². The molecule has 7 heteroatoms. The standard InChI is InChI=1S/C13H14FN3O2S/c1-9-2-4-11(8-16-9)17-20(18,19)13-5-3-10(7-15)6-12(13)14/h2-6,8,17H,7,15H2,1H3. The number of sulfonamides is 1. The molecule has 2 aromatic rings. The molecule has 1 aromatic heterocycles. The smallest absolute Gasteiger partial charge is 0.264 e. The van der Waals surface area contributed by atoms with Gasteiger partial charge in [0.2, 0.25) is 0 Å². The van der Waals surface area contributed by atoms with Gasteiger partial charge in [0.1, 0.15) is 10.7 Å². The summed E-state index contributed by atoms with van der Waals surface area (Å²) in [7, 11) is -3.99. The Morgan fingerprint density at radius 2 is 2.05 bits per heavy atom. The van der Waals surface area contributed by atoms with Crippen LogP contribution in [-0.2, 0) is 16.6 Å². The number of hydrogen-bond acceptors (Lipinski definition) is 4. The average Bonchev–Trinajstić information content (AvgIpc) is 2.40. The first kappa shape index (κ1) is 14.4. The van der Waals surface area contributed by atoms with Crippen molar-refractivity contribution in [2.45, 2.75) is 18.4 Å². The van der Waals surface area contributed by atoms with Gasteiger partial charge in [-0.3, -0.25) is 9.71 Å². The lowest BCUT2D eigenvalue weighted by molar-refractivity contribution is 0.569. The predicted molar refractivity (Wildman–Crippen MR) is 74.1 cm³/mol. The maximum absolute atomic E-state index is 13.8. The Morgan fingerprint density at radius 1 is 1.30 bits per heavy atom. The monoisotopic (exact) mass is 295 g/mol. The molecule has 1 heterocycles. The molecule has 0 radical (unpaired) electrons. The number of benzene rings is 1. The van der Waals surface area contributed by atoms with E-state index in [2.05, 4.69) is 9.71 Å². The fourth-order valence-electron chi connectivity index (χ4n) is 1.63. The van der Waals surface area contributed by atoms with Crippen molar-refractivity contribution in [3.63, 3.8) is 0 Å². The average molecular weight is 295 g/mol. The molecule has 20 heavy (non-hydrogen) atoms. The van der Waals surface area contributed by atoms with E-state index in [4.69, 9.17) is 5.73 Å². The normalized spacial score (nSPS) is 11.3. The number of pyridine rings is 1. The molecule has 106 valence electrons. The molecule has 1 aromatic carbocycles. The maximum atomic E-state index is 13.8. The number of aryl methyl sites for hydroxylation is 1. The van der Waals surface area contributed by atoms with Crippen LogP contribution in [0.4, 0.5) is 10.1 Å². The number of anilines is 1. The Bertz CT molecular complexity index is 715. The molecule has 0 spiro atoms. The van der Waals surface area contributed by atoms with Crippen molar-refractivity contribution in [1.29, 1.82) is 0 Å². The lowest BCUT2D eigenvalue weighted by atomic mass is 10.2. The molecule has 0 aliphatic rings. The maximum Gasteiger partial charge on any atom is 0.264 e. The van der Waals surface area contributed by atoms with E-state index in [0.717, 1.165) is 11.8 Å². The quantitative estimate of drug-likeness (QED) is 0.900. The van der Waals surface area contributed by atoms with Crippen molar-refractivity contribution in [3.05, 3.63) is 53.6 Å². The number of nitrogens with zero attached hydrogens (tertiary/aromatic N) is 1. The second kappa shape index (κ2) is 5.56. The number of hydrogen-bond donors (Lipinski definition) is 2. The molecule has 0 bridgehead atoms. The number of rotatable bonds is 4. The van der Waals surface area contributed by atoms with Gasteiger partial charge < -0.3 is 5.73 Å². The molecule has 0 aliphatic heterocycles. The van der Waals surface area contributed by atoms with Gasteiger partial charge in [0.05, 0.1) is 11.9 Å². The summed E-state index contributed by atoms with van der Waals surface area (Å²) in [5.74, 6) is -0.833. The molecule has 3 N–H and O–H groups in total. The zero-order chi connectivity index (χ0) is 14.8. The highest BCUT2D eigenvalue weighted by atomic mass is 32.2. The third kappa shape index (κ3) is 3.12. The van der Waals surface area contributed by atoms with E-state index < -0.39 is 20.7 Å². The summed E-state index contributed by atoms with van der Waals surface area (Å²) in [6, 6.07) is 7.01. The van der Waals surface area contributed by atoms with E-state index >= 15 is 0 Å². The molecule has 0 unspecified atom stereocenters. The molecule has 0 amide bonds. The van der Waals surface area contributed by atoms with E-state index in [-0.39, 0.29) is 12.2 Å². The van der Waals surface area contributed by atoms with Gasteiger partial charge in [0, 0.05) is 12.2 Å². The summed E-state index contributed by atoms with van der Waals surface area (Å²) >= 11 is 0. The number of aromatic nitrogens is 1. The third-order valence-corrected chi connectivity index (χ3v) is 4.10. The zero-order valence-electron chi connectivity index (χ0n) is 10.8. The molecule has 0 saturated carbocycles. The van der Waals surface area contributed by atoms with Crippen molar-refractivity contribution in [2.75, 3.05) is 4.72 Å². The number of nitrogens with two attached hydrogens (primary N) is 1. The van der Waals surface area contributed by atoms with Gasteiger partial charge in [0.15, 0.2) is 0 Å². The molecule has 0 fully saturated rings. The van der Waals surface area contributed by atoms with E-state index in [1.165, 1.54) is 18.3 Å². The first-order valence-corrected chi connectivity index (χ1v) is 7.34. The summed E-state index contributed by atoms with van der Waals surface area (Å²) in [4.78, 5) is 3.55. The summed E-state index contributed by atoms with van der Waals surface area (Å²) in [5.41, 5.74) is 6.93. The fraction of sp³-hybridized carbons (Fsp3) is 0.154. The molecule has 2 rings (SSSR count). The van der Waals surface area contributed by atoms with E-state index in [0.29, 0.717) is 5.56 Å². The Kier molecular flexibility index (Phi) is 4.01. The van der Waals surface area contributed by atoms with Crippen molar-refractivity contribution >= 4 is 15.7 Å². The van der Waals surface area contributed by atoms with Crippen LogP contribution >= 0.6 is 0 Å². The lowest BCUT2D eigenvalue weighted by Gasteiger charge is -2.09. The van der Waals surface area contributed by atoms with E-state index in [9.17, 15) is 12.8 Å². The van der Waals surface area contributed by atoms with Crippen molar-refractivity contribution in [3.8, 4) is 0 Å². The first-order valence-electron chi connectivity index (χ1n) is 5.86. The Hall–Kier alpha value is -1.99. The van der Waals surface area contributed by atoms with Crippen LogP contribution in [0.2, 0.25) is 0 Å². The summed E-state index contributed by atoms with van der Waals surface area (Å²) < 4.78 is 40.3. The Morgan fingerprint density at radius 3 is 2.60 bits per heavy atom. The van der Waals surface area contributed by atoms with Crippen LogP contribution in [0, 0.1) is 12.7 Å². The Balaban J connectivity index is 2.33. The zero-order valence-corrected chi connectivity index (χ0v) is 11.6. The summed E-state index contributed by atoms with van der Waals surface area (Å²) in [6.45, 7) is 1.93. The SMILES string of the molecule is Cc1ccc(NS(=O)(=O)c2ccc(CN)cc2F)cn1. The molecule has 0 saturated heterocycles. The van der Waals surface area contributed by atoms with Crippen LogP contribution in [0.25, 0.3) is 0 Å². The fourth-order valence-corrected chi connectivity index (χ4v) is 2.73. The van der Waals surface area contributed by atoms with Crippen molar-refractivity contribution in [2.24, 2.45) is 5.73 Å². The van der Waals surface area contributed by atoms with Crippen LogP contribution in [0.1, 0.15) is 11.3 Å². The lowest BCUT2D eigenvalue weighted by Crippen LogP contribution is -2.15.